The van der Waals surface area contributed by atoms with E-state index in [4.69, 9.17) is 4.74 Å². The van der Waals surface area contributed by atoms with Crippen molar-refractivity contribution in [3.8, 4) is 0 Å². The predicted molar refractivity (Wildman–Crippen MR) is 59.1 cm³/mol. The molecule has 1 atom stereocenters. The van der Waals surface area contributed by atoms with Gasteiger partial charge in [0, 0.05) is 4.47 Å². The fourth-order valence-corrected chi connectivity index (χ4v) is 1.18. The molecule has 0 saturated heterocycles. The van der Waals surface area contributed by atoms with Gasteiger partial charge in [0.25, 0.3) is 0 Å². The SMILES string of the molecule is CC(=O)[C@@H](C)OCc1ccc(Br)cc1. The number of carbonyl (C=O) groups is 1. The van der Waals surface area contributed by atoms with Crippen molar-refractivity contribution < 1.29 is 9.53 Å². The van der Waals surface area contributed by atoms with Gasteiger partial charge in [-0.1, -0.05) is 28.1 Å². The zero-order valence-corrected chi connectivity index (χ0v) is 9.87. The molecule has 0 N–H and O–H groups in total. The van der Waals surface area contributed by atoms with Crippen molar-refractivity contribution >= 4 is 21.7 Å². The Balaban J connectivity index is 2.46. The van der Waals surface area contributed by atoms with E-state index in [0.717, 1.165) is 10.0 Å². The molecule has 0 aliphatic heterocycles. The van der Waals surface area contributed by atoms with E-state index in [0.29, 0.717) is 6.61 Å². The molecule has 0 heterocycles. The van der Waals surface area contributed by atoms with Crippen LogP contribution in [0.15, 0.2) is 28.7 Å². The highest BCUT2D eigenvalue weighted by Crippen LogP contribution is 2.11. The van der Waals surface area contributed by atoms with E-state index in [9.17, 15) is 4.79 Å². The molecule has 0 fully saturated rings. The molecule has 1 aromatic rings. The van der Waals surface area contributed by atoms with Crippen LogP contribution in [0.3, 0.4) is 0 Å². The highest BCUT2D eigenvalue weighted by molar-refractivity contribution is 9.10. The lowest BCUT2D eigenvalue weighted by atomic mass is 10.2. The number of rotatable bonds is 4. The van der Waals surface area contributed by atoms with Crippen molar-refractivity contribution in [2.24, 2.45) is 0 Å². The summed E-state index contributed by atoms with van der Waals surface area (Å²) >= 11 is 3.35. The second-order valence-electron chi connectivity index (χ2n) is 3.19. The summed E-state index contributed by atoms with van der Waals surface area (Å²) in [6.45, 7) is 3.78. The fraction of sp³-hybridized carbons (Fsp3) is 0.364. The highest BCUT2D eigenvalue weighted by Gasteiger charge is 2.06. The van der Waals surface area contributed by atoms with Crippen molar-refractivity contribution in [1.82, 2.24) is 0 Å². The molecular weight excluding hydrogens is 244 g/mol. The van der Waals surface area contributed by atoms with Gasteiger partial charge in [-0.05, 0) is 31.5 Å². The number of carbonyl (C=O) groups excluding carboxylic acids is 1. The number of benzene rings is 1. The Kier molecular flexibility index (Phi) is 4.29. The molecule has 1 rings (SSSR count). The summed E-state index contributed by atoms with van der Waals surface area (Å²) in [7, 11) is 0. The highest BCUT2D eigenvalue weighted by atomic mass is 79.9. The van der Waals surface area contributed by atoms with Crippen LogP contribution in [0.5, 0.6) is 0 Å². The van der Waals surface area contributed by atoms with E-state index in [1.807, 2.05) is 24.3 Å². The largest absolute Gasteiger partial charge is 0.366 e. The summed E-state index contributed by atoms with van der Waals surface area (Å²) in [5.41, 5.74) is 1.07. The Morgan fingerprint density at radius 3 is 2.50 bits per heavy atom. The Morgan fingerprint density at radius 2 is 2.00 bits per heavy atom. The summed E-state index contributed by atoms with van der Waals surface area (Å²) in [5.74, 6) is 0.0575. The Hall–Kier alpha value is -0.670. The third-order valence-corrected chi connectivity index (χ3v) is 2.51. The number of ether oxygens (including phenoxy) is 1. The van der Waals surface area contributed by atoms with Gasteiger partial charge in [0.05, 0.1) is 6.61 Å². The summed E-state index contributed by atoms with van der Waals surface area (Å²) in [6, 6.07) is 7.85. The van der Waals surface area contributed by atoms with E-state index in [-0.39, 0.29) is 11.9 Å². The van der Waals surface area contributed by atoms with Gasteiger partial charge in [-0.2, -0.15) is 0 Å². The minimum absolute atomic E-state index is 0.0575. The molecule has 0 aromatic heterocycles. The van der Waals surface area contributed by atoms with E-state index in [1.54, 1.807) is 6.92 Å². The van der Waals surface area contributed by atoms with Crippen molar-refractivity contribution in [3.05, 3.63) is 34.3 Å². The minimum Gasteiger partial charge on any atom is -0.366 e. The third kappa shape index (κ3) is 3.60. The average molecular weight is 257 g/mol. The molecule has 0 unspecified atom stereocenters. The maximum atomic E-state index is 10.9. The van der Waals surface area contributed by atoms with Crippen LogP contribution < -0.4 is 0 Å². The smallest absolute Gasteiger partial charge is 0.158 e. The van der Waals surface area contributed by atoms with Crippen LogP contribution >= 0.6 is 15.9 Å². The van der Waals surface area contributed by atoms with Crippen LogP contribution in [0.25, 0.3) is 0 Å². The number of hydrogen-bond donors (Lipinski definition) is 0. The molecule has 0 spiro atoms. The maximum Gasteiger partial charge on any atom is 0.158 e. The molecule has 2 nitrogen and oxygen atoms in total. The third-order valence-electron chi connectivity index (χ3n) is 1.99. The Morgan fingerprint density at radius 1 is 1.43 bits per heavy atom. The van der Waals surface area contributed by atoms with Crippen LogP contribution in [0.2, 0.25) is 0 Å². The normalized spacial score (nSPS) is 12.5. The summed E-state index contributed by atoms with van der Waals surface area (Å²) in [4.78, 5) is 10.9. The van der Waals surface area contributed by atoms with E-state index in [1.165, 1.54) is 6.92 Å². The molecule has 0 amide bonds. The molecule has 76 valence electrons. The van der Waals surface area contributed by atoms with E-state index >= 15 is 0 Å². The second-order valence-corrected chi connectivity index (χ2v) is 4.11. The fourth-order valence-electron chi connectivity index (χ4n) is 0.919. The van der Waals surface area contributed by atoms with Crippen LogP contribution in [-0.4, -0.2) is 11.9 Å². The molecule has 1 aromatic carbocycles. The van der Waals surface area contributed by atoms with Crippen molar-refractivity contribution in [1.29, 1.82) is 0 Å². The molecule has 0 aliphatic rings. The molecule has 0 aliphatic carbocycles. The first kappa shape index (κ1) is 11.4. The quantitative estimate of drug-likeness (QED) is 0.828. The van der Waals surface area contributed by atoms with Gasteiger partial charge in [0.15, 0.2) is 5.78 Å². The number of hydrogen-bond acceptors (Lipinski definition) is 2. The molecule has 14 heavy (non-hydrogen) atoms. The standard InChI is InChI=1S/C11H13BrO2/c1-8(13)9(2)14-7-10-3-5-11(12)6-4-10/h3-6,9H,7H2,1-2H3/t9-/m1/s1. The van der Waals surface area contributed by atoms with Gasteiger partial charge in [0.1, 0.15) is 6.10 Å². The molecular formula is C11H13BrO2. The van der Waals surface area contributed by atoms with Crippen molar-refractivity contribution in [3.63, 3.8) is 0 Å². The van der Waals surface area contributed by atoms with E-state index < -0.39 is 0 Å². The summed E-state index contributed by atoms with van der Waals surface area (Å²) < 4.78 is 6.41. The van der Waals surface area contributed by atoms with Gasteiger partial charge in [-0.3, -0.25) is 4.79 Å². The molecule has 3 heteroatoms. The molecule has 0 radical (unpaired) electrons. The van der Waals surface area contributed by atoms with Crippen molar-refractivity contribution in [2.45, 2.75) is 26.6 Å². The lowest BCUT2D eigenvalue weighted by molar-refractivity contribution is -0.127. The number of ketones is 1. The van der Waals surface area contributed by atoms with Crippen LogP contribution in [0.1, 0.15) is 19.4 Å². The topological polar surface area (TPSA) is 26.3 Å². The minimum atomic E-state index is -0.321. The van der Waals surface area contributed by atoms with Gasteiger partial charge in [0.2, 0.25) is 0 Å². The van der Waals surface area contributed by atoms with Crippen molar-refractivity contribution in [2.75, 3.05) is 0 Å². The van der Waals surface area contributed by atoms with Gasteiger partial charge >= 0.3 is 0 Å². The number of Topliss-reactive ketones (excluding diaryl/α,β-unsaturated/α-hetero) is 1. The predicted octanol–water partition coefficient (Wildman–Crippen LogP) is 2.94. The first-order valence-electron chi connectivity index (χ1n) is 4.46. The monoisotopic (exact) mass is 256 g/mol. The maximum absolute atomic E-state index is 10.9. The average Bonchev–Trinajstić information content (AvgIpc) is 2.16. The Bertz CT molecular complexity index is 306. The van der Waals surface area contributed by atoms with Gasteiger partial charge in [-0.25, -0.2) is 0 Å². The molecule has 0 bridgehead atoms. The Labute approximate surface area is 92.4 Å². The van der Waals surface area contributed by atoms with Gasteiger partial charge in [-0.15, -0.1) is 0 Å². The zero-order valence-electron chi connectivity index (χ0n) is 8.29. The zero-order chi connectivity index (χ0) is 10.6. The summed E-state index contributed by atoms with van der Waals surface area (Å²) in [6.07, 6.45) is -0.321. The molecule has 0 saturated carbocycles. The van der Waals surface area contributed by atoms with Crippen LogP contribution in [0, 0.1) is 0 Å². The first-order valence-corrected chi connectivity index (χ1v) is 5.25. The van der Waals surface area contributed by atoms with E-state index in [2.05, 4.69) is 15.9 Å². The lowest BCUT2D eigenvalue weighted by Gasteiger charge is -2.09. The lowest BCUT2D eigenvalue weighted by Crippen LogP contribution is -2.17. The first-order chi connectivity index (χ1) is 6.59. The summed E-state index contributed by atoms with van der Waals surface area (Å²) in [5, 5.41) is 0. The second kappa shape index (κ2) is 5.27. The van der Waals surface area contributed by atoms with Gasteiger partial charge < -0.3 is 4.74 Å². The number of halogens is 1. The van der Waals surface area contributed by atoms with Crippen LogP contribution in [0.4, 0.5) is 0 Å². The van der Waals surface area contributed by atoms with Crippen LogP contribution in [-0.2, 0) is 16.1 Å².